The number of alkyl halides is 3. The molecule has 1 aliphatic heterocycles. The molecule has 136 valence electrons. The molecule has 6 heteroatoms. The highest BCUT2D eigenvalue weighted by molar-refractivity contribution is 7.13. The first-order valence-corrected chi connectivity index (χ1v) is 9.15. The van der Waals surface area contributed by atoms with Crippen molar-refractivity contribution in [2.75, 3.05) is 5.01 Å². The third kappa shape index (κ3) is 3.61. The predicted octanol–water partition coefficient (Wildman–Crippen LogP) is 6.31. The molecule has 4 rings (SSSR count). The van der Waals surface area contributed by atoms with Crippen LogP contribution in [0.25, 0.3) is 16.1 Å². The van der Waals surface area contributed by atoms with E-state index in [-0.39, 0.29) is 0 Å². The molecule has 1 N–H and O–H groups in total. The van der Waals surface area contributed by atoms with Crippen molar-refractivity contribution in [3.8, 4) is 10.4 Å². The van der Waals surface area contributed by atoms with Crippen molar-refractivity contribution < 1.29 is 13.2 Å². The van der Waals surface area contributed by atoms with Gasteiger partial charge in [-0.05, 0) is 47.4 Å². The minimum atomic E-state index is -4.37. The molecule has 0 bridgehead atoms. The van der Waals surface area contributed by atoms with Crippen LogP contribution in [0.5, 0.6) is 0 Å². The highest BCUT2D eigenvalue weighted by atomic mass is 32.1. The Hall–Kier alpha value is -2.99. The number of anilines is 1. The van der Waals surface area contributed by atoms with E-state index in [1.807, 2.05) is 53.9 Å². The average Bonchev–Trinajstić information content (AvgIpc) is 3.18. The Kier molecular flexibility index (Phi) is 4.49. The number of halogens is 3. The summed E-state index contributed by atoms with van der Waals surface area (Å²) in [4.78, 5) is 1.11. The number of hydrogen-bond donors (Lipinski definition) is 1. The van der Waals surface area contributed by atoms with Crippen LogP contribution < -0.4 is 10.4 Å². The summed E-state index contributed by atoms with van der Waals surface area (Å²) in [5.41, 5.74) is 5.89. The first kappa shape index (κ1) is 17.4. The van der Waals surface area contributed by atoms with Crippen LogP contribution in [0.4, 0.5) is 18.9 Å². The van der Waals surface area contributed by atoms with Gasteiger partial charge in [-0.25, -0.2) is 0 Å². The van der Waals surface area contributed by atoms with Gasteiger partial charge in [0.05, 0.1) is 16.9 Å². The Balaban J connectivity index is 1.63. The topological polar surface area (TPSA) is 15.3 Å². The first-order chi connectivity index (χ1) is 13.0. The van der Waals surface area contributed by atoms with Crippen LogP contribution in [0.1, 0.15) is 11.1 Å². The second-order valence-electron chi connectivity index (χ2n) is 5.98. The lowest BCUT2D eigenvalue weighted by molar-refractivity contribution is -0.137. The zero-order valence-electron chi connectivity index (χ0n) is 14.1. The van der Waals surface area contributed by atoms with Crippen LogP contribution >= 0.6 is 11.3 Å². The van der Waals surface area contributed by atoms with Gasteiger partial charge < -0.3 is 0 Å². The molecule has 0 saturated heterocycles. The quantitative estimate of drug-likeness (QED) is 0.569. The highest BCUT2D eigenvalue weighted by Crippen LogP contribution is 2.35. The summed E-state index contributed by atoms with van der Waals surface area (Å²) in [7, 11) is 0. The Morgan fingerprint density at radius 1 is 0.926 bits per heavy atom. The van der Waals surface area contributed by atoms with Crippen LogP contribution in [0.3, 0.4) is 0 Å². The Morgan fingerprint density at radius 3 is 2.52 bits per heavy atom. The van der Waals surface area contributed by atoms with Crippen molar-refractivity contribution in [2.45, 2.75) is 6.18 Å². The van der Waals surface area contributed by atoms with Gasteiger partial charge in [0.2, 0.25) is 0 Å². The van der Waals surface area contributed by atoms with E-state index in [2.05, 4.69) is 5.43 Å². The fraction of sp³-hybridized carbons (Fsp3) is 0.0476. The molecule has 27 heavy (non-hydrogen) atoms. The van der Waals surface area contributed by atoms with Crippen molar-refractivity contribution in [3.05, 3.63) is 95.5 Å². The fourth-order valence-electron chi connectivity index (χ4n) is 2.90. The standard InChI is InChI=1S/C21H15F3N2S/c22-21(23,24)16-8-4-9-17(14-16)26-12-5-10-19(25-26)18-11-13-27-20(18)15-6-2-1-3-7-15/h1-14,25H. The zero-order chi connectivity index (χ0) is 18.9. The molecule has 3 aromatic rings. The number of nitrogens with zero attached hydrogens (tertiary/aromatic N) is 1. The molecule has 0 saturated carbocycles. The SMILES string of the molecule is FC(F)(F)c1cccc(N2C=CC=C(c3ccsc3-c3ccccc3)N2)c1. The predicted molar refractivity (Wildman–Crippen MR) is 104 cm³/mol. The maximum Gasteiger partial charge on any atom is 0.416 e. The summed E-state index contributed by atoms with van der Waals surface area (Å²) < 4.78 is 39.0. The maximum atomic E-state index is 13.0. The molecule has 2 heterocycles. The molecule has 1 aliphatic rings. The summed E-state index contributed by atoms with van der Waals surface area (Å²) >= 11 is 1.63. The molecular weight excluding hydrogens is 369 g/mol. The molecule has 0 radical (unpaired) electrons. The van der Waals surface area contributed by atoms with Gasteiger partial charge in [-0.3, -0.25) is 10.4 Å². The van der Waals surface area contributed by atoms with Gasteiger partial charge in [0.1, 0.15) is 0 Å². The van der Waals surface area contributed by atoms with E-state index >= 15 is 0 Å². The second kappa shape index (κ2) is 6.96. The van der Waals surface area contributed by atoms with Crippen molar-refractivity contribution >= 4 is 22.7 Å². The molecule has 0 unspecified atom stereocenters. The van der Waals surface area contributed by atoms with E-state index in [1.54, 1.807) is 28.6 Å². The van der Waals surface area contributed by atoms with Crippen molar-refractivity contribution in [1.82, 2.24) is 5.43 Å². The number of nitrogens with one attached hydrogen (secondary N) is 1. The summed E-state index contributed by atoms with van der Waals surface area (Å²) in [6.07, 6.45) is 1.06. The van der Waals surface area contributed by atoms with E-state index < -0.39 is 11.7 Å². The molecule has 2 nitrogen and oxygen atoms in total. The number of benzene rings is 2. The molecule has 0 aliphatic carbocycles. The third-order valence-electron chi connectivity index (χ3n) is 4.18. The zero-order valence-corrected chi connectivity index (χ0v) is 14.9. The number of thiophene rings is 1. The largest absolute Gasteiger partial charge is 0.416 e. The lowest BCUT2D eigenvalue weighted by Gasteiger charge is -2.27. The molecule has 0 atom stereocenters. The Morgan fingerprint density at radius 2 is 1.74 bits per heavy atom. The summed E-state index contributed by atoms with van der Waals surface area (Å²) in [6.45, 7) is 0. The summed E-state index contributed by atoms with van der Waals surface area (Å²) in [5, 5.41) is 3.60. The molecule has 1 aromatic heterocycles. The van der Waals surface area contributed by atoms with E-state index in [4.69, 9.17) is 0 Å². The minimum Gasteiger partial charge on any atom is -0.294 e. The number of hydrazine groups is 1. The normalized spacial score (nSPS) is 14.0. The number of allylic oxidation sites excluding steroid dienone is 2. The second-order valence-corrected chi connectivity index (χ2v) is 6.90. The fourth-order valence-corrected chi connectivity index (χ4v) is 3.81. The van der Waals surface area contributed by atoms with E-state index in [0.29, 0.717) is 5.69 Å². The Labute approximate surface area is 158 Å². The molecule has 2 aromatic carbocycles. The number of rotatable bonds is 3. The molecule has 0 fully saturated rings. The lowest BCUT2D eigenvalue weighted by Crippen LogP contribution is -2.33. The molecule has 0 amide bonds. The van der Waals surface area contributed by atoms with Crippen LogP contribution in [0, 0.1) is 0 Å². The highest BCUT2D eigenvalue weighted by Gasteiger charge is 2.31. The minimum absolute atomic E-state index is 0.420. The van der Waals surface area contributed by atoms with E-state index in [9.17, 15) is 13.2 Å². The average molecular weight is 384 g/mol. The van der Waals surface area contributed by atoms with Gasteiger partial charge in [-0.15, -0.1) is 11.3 Å². The number of hydrogen-bond acceptors (Lipinski definition) is 3. The van der Waals surface area contributed by atoms with Crippen molar-refractivity contribution in [1.29, 1.82) is 0 Å². The Bertz CT molecular complexity index is 1000. The first-order valence-electron chi connectivity index (χ1n) is 8.27. The van der Waals surface area contributed by atoms with Crippen LogP contribution in [-0.4, -0.2) is 0 Å². The van der Waals surface area contributed by atoms with Gasteiger partial charge in [-0.2, -0.15) is 13.2 Å². The monoisotopic (exact) mass is 384 g/mol. The van der Waals surface area contributed by atoms with E-state index in [1.165, 1.54) is 6.07 Å². The lowest BCUT2D eigenvalue weighted by atomic mass is 10.1. The van der Waals surface area contributed by atoms with Crippen molar-refractivity contribution in [3.63, 3.8) is 0 Å². The van der Waals surface area contributed by atoms with Crippen LogP contribution in [0.15, 0.2) is 84.4 Å². The van der Waals surface area contributed by atoms with Gasteiger partial charge in [0.25, 0.3) is 0 Å². The third-order valence-corrected chi connectivity index (χ3v) is 5.15. The summed E-state index contributed by atoms with van der Waals surface area (Å²) in [5.74, 6) is 0. The van der Waals surface area contributed by atoms with Gasteiger partial charge >= 0.3 is 6.18 Å². The van der Waals surface area contributed by atoms with E-state index in [0.717, 1.165) is 33.8 Å². The smallest absolute Gasteiger partial charge is 0.294 e. The van der Waals surface area contributed by atoms with Crippen molar-refractivity contribution in [2.24, 2.45) is 0 Å². The summed E-state index contributed by atoms with van der Waals surface area (Å²) in [6, 6.07) is 17.3. The van der Waals surface area contributed by atoms with Gasteiger partial charge in [-0.1, -0.05) is 36.4 Å². The van der Waals surface area contributed by atoms with Gasteiger partial charge in [0.15, 0.2) is 0 Å². The van der Waals surface area contributed by atoms with Gasteiger partial charge in [0, 0.05) is 16.6 Å². The molecular formula is C21H15F3N2S. The molecule has 0 spiro atoms. The van der Waals surface area contributed by atoms with Crippen LogP contribution in [-0.2, 0) is 6.18 Å². The van der Waals surface area contributed by atoms with Crippen LogP contribution in [0.2, 0.25) is 0 Å². The maximum absolute atomic E-state index is 13.0.